The summed E-state index contributed by atoms with van der Waals surface area (Å²) in [5, 5.41) is 0. The fraction of sp³-hybridized carbons (Fsp3) is 0.722. The predicted molar refractivity (Wildman–Crippen MR) is 92.6 cm³/mol. The van der Waals surface area contributed by atoms with Crippen molar-refractivity contribution in [1.82, 2.24) is 9.88 Å². The van der Waals surface area contributed by atoms with Crippen molar-refractivity contribution >= 4 is 5.82 Å². The minimum atomic E-state index is 0.805. The Morgan fingerprint density at radius 1 is 1.05 bits per heavy atom. The van der Waals surface area contributed by atoms with Gasteiger partial charge in [0.15, 0.2) is 0 Å². The van der Waals surface area contributed by atoms with Gasteiger partial charge in [-0.2, -0.15) is 0 Å². The molecule has 0 saturated carbocycles. The molecule has 124 valence electrons. The maximum atomic E-state index is 5.67. The molecule has 1 aromatic heterocycles. The molecule has 0 aliphatic carbocycles. The van der Waals surface area contributed by atoms with Gasteiger partial charge < -0.3 is 14.5 Å². The highest BCUT2D eigenvalue weighted by Crippen LogP contribution is 2.14. The summed E-state index contributed by atoms with van der Waals surface area (Å²) in [4.78, 5) is 9.51. The molecule has 0 N–H and O–H groups in total. The number of nitrogens with zero attached hydrogens (tertiary/aromatic N) is 3. The zero-order chi connectivity index (χ0) is 15.6. The molecule has 2 heterocycles. The normalized spacial score (nSPS) is 16.2. The highest BCUT2D eigenvalue weighted by atomic mass is 16.5. The van der Waals surface area contributed by atoms with Crippen LogP contribution in [0.25, 0.3) is 0 Å². The molecule has 0 atom stereocenters. The third kappa shape index (κ3) is 5.58. The van der Waals surface area contributed by atoms with Crippen molar-refractivity contribution in [3.05, 3.63) is 23.9 Å². The van der Waals surface area contributed by atoms with Crippen LogP contribution in [0.2, 0.25) is 0 Å². The predicted octanol–water partition coefficient (Wildman–Crippen LogP) is 2.97. The highest BCUT2D eigenvalue weighted by molar-refractivity contribution is 5.39. The molecular formula is C18H31N3O. The van der Waals surface area contributed by atoms with E-state index in [-0.39, 0.29) is 0 Å². The zero-order valence-corrected chi connectivity index (χ0v) is 14.3. The summed E-state index contributed by atoms with van der Waals surface area (Å²) in [6.45, 7) is 11.8. The first-order valence-corrected chi connectivity index (χ1v) is 8.83. The van der Waals surface area contributed by atoms with E-state index in [1.165, 1.54) is 24.8 Å². The Hall–Kier alpha value is -1.13. The van der Waals surface area contributed by atoms with Crippen LogP contribution in [0.15, 0.2) is 18.3 Å². The van der Waals surface area contributed by atoms with Crippen LogP contribution in [0, 0.1) is 0 Å². The van der Waals surface area contributed by atoms with Crippen molar-refractivity contribution in [2.45, 2.75) is 39.5 Å². The summed E-state index contributed by atoms with van der Waals surface area (Å²) in [6, 6.07) is 4.36. The number of unbranched alkanes of at least 4 members (excludes halogenated alkanes) is 2. The van der Waals surface area contributed by atoms with Gasteiger partial charge in [0.05, 0.1) is 6.61 Å². The number of rotatable bonds is 9. The molecule has 0 aromatic carbocycles. The number of hydrogen-bond acceptors (Lipinski definition) is 4. The van der Waals surface area contributed by atoms with Crippen LogP contribution in [0.3, 0.4) is 0 Å². The molecular weight excluding hydrogens is 274 g/mol. The Morgan fingerprint density at radius 2 is 1.86 bits per heavy atom. The summed E-state index contributed by atoms with van der Waals surface area (Å²) >= 11 is 0. The van der Waals surface area contributed by atoms with Crippen molar-refractivity contribution in [2.24, 2.45) is 0 Å². The molecule has 0 radical (unpaired) electrons. The van der Waals surface area contributed by atoms with Gasteiger partial charge in [0.2, 0.25) is 0 Å². The lowest BCUT2D eigenvalue weighted by atomic mass is 10.2. The van der Waals surface area contributed by atoms with Gasteiger partial charge in [-0.1, -0.05) is 32.8 Å². The summed E-state index contributed by atoms with van der Waals surface area (Å²) in [5.74, 6) is 1.11. The van der Waals surface area contributed by atoms with E-state index in [1.54, 1.807) is 0 Å². The average molecular weight is 305 g/mol. The van der Waals surface area contributed by atoms with Crippen LogP contribution in [0.5, 0.6) is 0 Å². The minimum absolute atomic E-state index is 0.805. The second-order valence-electron chi connectivity index (χ2n) is 6.02. The van der Waals surface area contributed by atoms with Gasteiger partial charge in [0, 0.05) is 39.0 Å². The Bertz CT molecular complexity index is 399. The zero-order valence-electron chi connectivity index (χ0n) is 14.3. The van der Waals surface area contributed by atoms with Crippen LogP contribution in [0.4, 0.5) is 5.82 Å². The molecule has 1 aliphatic heterocycles. The molecule has 2 rings (SSSR count). The summed E-state index contributed by atoms with van der Waals surface area (Å²) < 4.78 is 5.67. The van der Waals surface area contributed by atoms with Gasteiger partial charge in [-0.05, 0) is 31.0 Å². The standard InChI is InChI=1S/C18H31N3O/c1-3-5-6-14-22-15-9-17-7-8-18(19-16-17)21-12-10-20(4-2)11-13-21/h7-8,16H,3-6,9-15H2,1-2H3. The molecule has 4 nitrogen and oxygen atoms in total. The van der Waals surface area contributed by atoms with E-state index in [0.29, 0.717) is 0 Å². The monoisotopic (exact) mass is 305 g/mol. The van der Waals surface area contributed by atoms with Crippen molar-refractivity contribution < 1.29 is 4.74 Å². The Kier molecular flexibility index (Phi) is 7.67. The molecule has 0 amide bonds. The lowest BCUT2D eigenvalue weighted by molar-refractivity contribution is 0.133. The Balaban J connectivity index is 1.69. The van der Waals surface area contributed by atoms with Gasteiger partial charge >= 0.3 is 0 Å². The molecule has 22 heavy (non-hydrogen) atoms. The van der Waals surface area contributed by atoms with Gasteiger partial charge in [-0.25, -0.2) is 4.98 Å². The summed E-state index contributed by atoms with van der Waals surface area (Å²) in [7, 11) is 0. The van der Waals surface area contributed by atoms with Crippen LogP contribution < -0.4 is 4.90 Å². The second-order valence-corrected chi connectivity index (χ2v) is 6.02. The van der Waals surface area contributed by atoms with E-state index in [0.717, 1.165) is 58.2 Å². The van der Waals surface area contributed by atoms with E-state index in [9.17, 15) is 0 Å². The number of ether oxygens (including phenoxy) is 1. The number of aromatic nitrogens is 1. The lowest BCUT2D eigenvalue weighted by Crippen LogP contribution is -2.46. The minimum Gasteiger partial charge on any atom is -0.381 e. The van der Waals surface area contributed by atoms with E-state index < -0.39 is 0 Å². The quantitative estimate of drug-likeness (QED) is 0.656. The van der Waals surface area contributed by atoms with E-state index in [1.807, 2.05) is 6.20 Å². The van der Waals surface area contributed by atoms with E-state index >= 15 is 0 Å². The molecule has 1 aromatic rings. The smallest absolute Gasteiger partial charge is 0.128 e. The number of pyridine rings is 1. The lowest BCUT2D eigenvalue weighted by Gasteiger charge is -2.34. The van der Waals surface area contributed by atoms with Gasteiger partial charge in [-0.15, -0.1) is 0 Å². The topological polar surface area (TPSA) is 28.6 Å². The van der Waals surface area contributed by atoms with E-state index in [4.69, 9.17) is 4.74 Å². The molecule has 0 bridgehead atoms. The third-order valence-electron chi connectivity index (χ3n) is 4.38. The van der Waals surface area contributed by atoms with Crippen molar-refractivity contribution in [1.29, 1.82) is 0 Å². The maximum absolute atomic E-state index is 5.67. The second kappa shape index (κ2) is 9.80. The first-order chi connectivity index (χ1) is 10.8. The van der Waals surface area contributed by atoms with Crippen molar-refractivity contribution in [3.8, 4) is 0 Å². The van der Waals surface area contributed by atoms with Gasteiger partial charge in [-0.3, -0.25) is 0 Å². The molecule has 1 aliphatic rings. The third-order valence-corrected chi connectivity index (χ3v) is 4.38. The molecule has 1 fully saturated rings. The Labute approximate surface area is 135 Å². The first kappa shape index (κ1) is 17.2. The number of hydrogen-bond donors (Lipinski definition) is 0. The molecule has 0 spiro atoms. The summed E-state index contributed by atoms with van der Waals surface area (Å²) in [5.41, 5.74) is 1.27. The molecule has 0 unspecified atom stereocenters. The van der Waals surface area contributed by atoms with Crippen LogP contribution >= 0.6 is 0 Å². The fourth-order valence-electron chi connectivity index (χ4n) is 2.79. The van der Waals surface area contributed by atoms with Crippen LogP contribution in [0.1, 0.15) is 38.7 Å². The largest absolute Gasteiger partial charge is 0.381 e. The average Bonchev–Trinajstić information content (AvgIpc) is 2.59. The number of likely N-dealkylation sites (N-methyl/N-ethyl adjacent to an activating group) is 1. The molecule has 1 saturated heterocycles. The highest BCUT2D eigenvalue weighted by Gasteiger charge is 2.16. The fourth-order valence-corrected chi connectivity index (χ4v) is 2.79. The van der Waals surface area contributed by atoms with Crippen molar-refractivity contribution in [2.75, 3.05) is 50.8 Å². The Morgan fingerprint density at radius 3 is 2.50 bits per heavy atom. The SMILES string of the molecule is CCCCCOCCc1ccc(N2CCN(CC)CC2)nc1. The molecule has 4 heteroatoms. The van der Waals surface area contributed by atoms with Crippen LogP contribution in [-0.2, 0) is 11.2 Å². The summed E-state index contributed by atoms with van der Waals surface area (Å²) in [6.07, 6.45) is 6.67. The first-order valence-electron chi connectivity index (χ1n) is 8.83. The van der Waals surface area contributed by atoms with Gasteiger partial charge in [0.25, 0.3) is 0 Å². The number of piperazine rings is 1. The number of anilines is 1. The van der Waals surface area contributed by atoms with Crippen LogP contribution in [-0.4, -0.2) is 55.8 Å². The van der Waals surface area contributed by atoms with Gasteiger partial charge in [0.1, 0.15) is 5.82 Å². The van der Waals surface area contributed by atoms with Crippen molar-refractivity contribution in [3.63, 3.8) is 0 Å². The maximum Gasteiger partial charge on any atom is 0.128 e. The van der Waals surface area contributed by atoms with E-state index in [2.05, 4.69) is 40.8 Å².